The SMILES string of the molecule is CNC(=O)[C@H](C)NC[C@H](c1ccc(OC)cc1)c1c[nH]c2ccccc12. The molecule has 0 bridgehead atoms. The van der Waals surface area contributed by atoms with Gasteiger partial charge in [-0.15, -0.1) is 0 Å². The number of aromatic amines is 1. The lowest BCUT2D eigenvalue weighted by Crippen LogP contribution is -2.42. The highest BCUT2D eigenvalue weighted by molar-refractivity contribution is 5.84. The number of carbonyl (C=O) groups is 1. The van der Waals surface area contributed by atoms with E-state index in [0.29, 0.717) is 6.54 Å². The Hall–Kier alpha value is -2.79. The number of fused-ring (bicyclic) bond motifs is 1. The van der Waals surface area contributed by atoms with Crippen LogP contribution in [0.15, 0.2) is 54.7 Å². The van der Waals surface area contributed by atoms with E-state index < -0.39 is 0 Å². The lowest BCUT2D eigenvalue weighted by Gasteiger charge is -2.21. The average Bonchev–Trinajstić information content (AvgIpc) is 3.12. The van der Waals surface area contributed by atoms with Gasteiger partial charge >= 0.3 is 0 Å². The maximum Gasteiger partial charge on any atom is 0.236 e. The van der Waals surface area contributed by atoms with Crippen LogP contribution in [-0.2, 0) is 4.79 Å². The van der Waals surface area contributed by atoms with E-state index >= 15 is 0 Å². The van der Waals surface area contributed by atoms with Crippen LogP contribution < -0.4 is 15.4 Å². The molecule has 0 fully saturated rings. The summed E-state index contributed by atoms with van der Waals surface area (Å²) in [6.07, 6.45) is 2.06. The van der Waals surface area contributed by atoms with Gasteiger partial charge in [-0.3, -0.25) is 4.79 Å². The number of H-pyrrole nitrogens is 1. The number of methoxy groups -OCH3 is 1. The number of nitrogens with one attached hydrogen (secondary N) is 3. The van der Waals surface area contributed by atoms with Crippen LogP contribution >= 0.6 is 0 Å². The van der Waals surface area contributed by atoms with E-state index in [4.69, 9.17) is 4.74 Å². The third kappa shape index (κ3) is 3.73. The number of amides is 1. The van der Waals surface area contributed by atoms with Gasteiger partial charge in [-0.1, -0.05) is 30.3 Å². The molecule has 0 aliphatic heterocycles. The second-order valence-electron chi connectivity index (χ2n) is 6.36. The van der Waals surface area contributed by atoms with Crippen molar-refractivity contribution in [3.05, 3.63) is 65.9 Å². The molecule has 3 N–H and O–H groups in total. The molecule has 3 aromatic rings. The van der Waals surface area contributed by atoms with Crippen LogP contribution in [0.4, 0.5) is 0 Å². The van der Waals surface area contributed by atoms with E-state index in [1.807, 2.05) is 31.2 Å². The summed E-state index contributed by atoms with van der Waals surface area (Å²) >= 11 is 0. The fraction of sp³-hybridized carbons (Fsp3) is 0.286. The standard InChI is InChI=1S/C21H25N3O2/c1-14(21(25)22-2)23-12-18(15-8-10-16(26-3)11-9-15)19-13-24-20-7-5-4-6-17(19)20/h4-11,13-14,18,23-24H,12H2,1-3H3,(H,22,25)/t14-,18+/m0/s1. The van der Waals surface area contributed by atoms with Crippen molar-refractivity contribution in [2.75, 3.05) is 20.7 Å². The summed E-state index contributed by atoms with van der Waals surface area (Å²) in [6, 6.07) is 16.1. The molecule has 0 radical (unpaired) electrons. The fourth-order valence-electron chi connectivity index (χ4n) is 3.23. The Labute approximate surface area is 153 Å². The largest absolute Gasteiger partial charge is 0.497 e. The summed E-state index contributed by atoms with van der Waals surface area (Å²) in [7, 11) is 3.32. The predicted octanol–water partition coefficient (Wildman–Crippen LogP) is 3.03. The zero-order valence-corrected chi connectivity index (χ0v) is 15.4. The molecule has 1 aromatic heterocycles. The van der Waals surface area contributed by atoms with Gasteiger partial charge in [0.2, 0.25) is 5.91 Å². The summed E-state index contributed by atoms with van der Waals surface area (Å²) in [6.45, 7) is 2.53. The van der Waals surface area contributed by atoms with Gasteiger partial charge in [-0.2, -0.15) is 0 Å². The molecule has 136 valence electrons. The second kappa shape index (κ2) is 8.06. The summed E-state index contributed by atoms with van der Waals surface area (Å²) in [5.74, 6) is 0.930. The second-order valence-corrected chi connectivity index (χ2v) is 6.36. The topological polar surface area (TPSA) is 66.2 Å². The molecule has 1 amide bonds. The monoisotopic (exact) mass is 351 g/mol. The van der Waals surface area contributed by atoms with Crippen LogP contribution in [0.25, 0.3) is 10.9 Å². The number of benzene rings is 2. The van der Waals surface area contributed by atoms with Crippen molar-refractivity contribution in [3.63, 3.8) is 0 Å². The zero-order valence-electron chi connectivity index (χ0n) is 15.4. The first-order valence-electron chi connectivity index (χ1n) is 8.79. The molecule has 0 saturated heterocycles. The first-order valence-corrected chi connectivity index (χ1v) is 8.79. The Morgan fingerprint density at radius 1 is 1.15 bits per heavy atom. The third-order valence-electron chi connectivity index (χ3n) is 4.78. The van der Waals surface area contributed by atoms with Crippen LogP contribution in [0.1, 0.15) is 24.0 Å². The fourth-order valence-corrected chi connectivity index (χ4v) is 3.23. The highest BCUT2D eigenvalue weighted by Gasteiger charge is 2.20. The summed E-state index contributed by atoms with van der Waals surface area (Å²) in [4.78, 5) is 15.2. The average molecular weight is 351 g/mol. The van der Waals surface area contributed by atoms with Crippen LogP contribution in [0.2, 0.25) is 0 Å². The summed E-state index contributed by atoms with van der Waals surface area (Å²) in [5.41, 5.74) is 3.50. The Kier molecular flexibility index (Phi) is 5.58. The summed E-state index contributed by atoms with van der Waals surface area (Å²) < 4.78 is 5.28. The Balaban J connectivity index is 1.94. The van der Waals surface area contributed by atoms with Crippen molar-refractivity contribution in [2.45, 2.75) is 18.9 Å². The van der Waals surface area contributed by atoms with Crippen molar-refractivity contribution >= 4 is 16.8 Å². The Bertz CT molecular complexity index is 870. The molecule has 0 saturated carbocycles. The molecule has 2 aromatic carbocycles. The minimum atomic E-state index is -0.258. The van der Waals surface area contributed by atoms with Crippen molar-refractivity contribution in [2.24, 2.45) is 0 Å². The van der Waals surface area contributed by atoms with Crippen molar-refractivity contribution in [3.8, 4) is 5.75 Å². The molecule has 0 aliphatic rings. The first kappa shape index (κ1) is 18.0. The van der Waals surface area contributed by atoms with Gasteiger partial charge in [0.05, 0.1) is 13.2 Å². The maximum absolute atomic E-state index is 11.8. The van der Waals surface area contributed by atoms with Crippen LogP contribution in [0.5, 0.6) is 5.75 Å². The summed E-state index contributed by atoms with van der Waals surface area (Å²) in [5, 5.41) is 7.24. The van der Waals surface area contributed by atoms with Crippen LogP contribution in [0.3, 0.4) is 0 Å². The first-order chi connectivity index (χ1) is 12.6. The third-order valence-corrected chi connectivity index (χ3v) is 4.78. The molecule has 5 nitrogen and oxygen atoms in total. The normalized spacial score (nSPS) is 13.3. The van der Waals surface area contributed by atoms with E-state index in [-0.39, 0.29) is 17.9 Å². The highest BCUT2D eigenvalue weighted by Crippen LogP contribution is 2.31. The molecular weight excluding hydrogens is 326 g/mol. The number of ether oxygens (including phenoxy) is 1. The molecule has 1 heterocycles. The van der Waals surface area contributed by atoms with Gasteiger partial charge in [-0.05, 0) is 36.2 Å². The van der Waals surface area contributed by atoms with E-state index in [1.165, 1.54) is 16.5 Å². The zero-order chi connectivity index (χ0) is 18.5. The van der Waals surface area contributed by atoms with Crippen molar-refractivity contribution in [1.82, 2.24) is 15.6 Å². The van der Waals surface area contributed by atoms with Crippen molar-refractivity contribution in [1.29, 1.82) is 0 Å². The van der Waals surface area contributed by atoms with Gasteiger partial charge in [-0.25, -0.2) is 0 Å². The molecule has 2 atom stereocenters. The van der Waals surface area contributed by atoms with Gasteiger partial charge in [0, 0.05) is 36.6 Å². The Morgan fingerprint density at radius 3 is 2.58 bits per heavy atom. The number of rotatable bonds is 7. The molecule has 0 unspecified atom stereocenters. The predicted molar refractivity (Wildman–Crippen MR) is 105 cm³/mol. The molecule has 0 spiro atoms. The number of aromatic nitrogens is 1. The van der Waals surface area contributed by atoms with Gasteiger partial charge in [0.15, 0.2) is 0 Å². The number of hydrogen-bond acceptors (Lipinski definition) is 3. The van der Waals surface area contributed by atoms with E-state index in [2.05, 4.69) is 46.1 Å². The van der Waals surface area contributed by atoms with E-state index in [0.717, 1.165) is 11.3 Å². The van der Waals surface area contributed by atoms with Gasteiger partial charge < -0.3 is 20.4 Å². The quantitative estimate of drug-likeness (QED) is 0.613. The molecule has 26 heavy (non-hydrogen) atoms. The number of hydrogen-bond donors (Lipinski definition) is 3. The number of para-hydroxylation sites is 1. The minimum Gasteiger partial charge on any atom is -0.497 e. The van der Waals surface area contributed by atoms with Crippen LogP contribution in [-0.4, -0.2) is 37.6 Å². The maximum atomic E-state index is 11.8. The molecule has 0 aliphatic carbocycles. The number of carbonyl (C=O) groups excluding carboxylic acids is 1. The highest BCUT2D eigenvalue weighted by atomic mass is 16.5. The minimum absolute atomic E-state index is 0.0163. The Morgan fingerprint density at radius 2 is 1.88 bits per heavy atom. The van der Waals surface area contributed by atoms with Crippen LogP contribution in [0, 0.1) is 0 Å². The lowest BCUT2D eigenvalue weighted by molar-refractivity contribution is -0.122. The van der Waals surface area contributed by atoms with E-state index in [9.17, 15) is 4.79 Å². The van der Waals surface area contributed by atoms with Crippen molar-refractivity contribution < 1.29 is 9.53 Å². The smallest absolute Gasteiger partial charge is 0.236 e. The molecule has 5 heteroatoms. The molecular formula is C21H25N3O2. The lowest BCUT2D eigenvalue weighted by atomic mass is 9.90. The van der Waals surface area contributed by atoms with Gasteiger partial charge in [0.25, 0.3) is 0 Å². The number of likely N-dealkylation sites (N-methyl/N-ethyl adjacent to an activating group) is 1. The molecule has 3 rings (SSSR count). The van der Waals surface area contributed by atoms with E-state index in [1.54, 1.807) is 14.2 Å². The van der Waals surface area contributed by atoms with Gasteiger partial charge in [0.1, 0.15) is 5.75 Å².